The Morgan fingerprint density at radius 2 is 2.06 bits per heavy atom. The van der Waals surface area contributed by atoms with Crippen molar-refractivity contribution in [3.8, 4) is 0 Å². The minimum absolute atomic E-state index is 0.0215. The van der Waals surface area contributed by atoms with Gasteiger partial charge in [0.2, 0.25) is 0 Å². The molecule has 1 aromatic rings. The van der Waals surface area contributed by atoms with E-state index in [1.165, 1.54) is 12.1 Å². The lowest BCUT2D eigenvalue weighted by molar-refractivity contribution is -0.384. The van der Waals surface area contributed by atoms with Crippen LogP contribution < -0.4 is 0 Å². The van der Waals surface area contributed by atoms with Gasteiger partial charge in [-0.05, 0) is 18.4 Å². The zero-order valence-corrected chi connectivity index (χ0v) is 9.91. The van der Waals surface area contributed by atoms with Crippen LogP contribution in [0.3, 0.4) is 0 Å². The zero-order chi connectivity index (χ0) is 13.1. The summed E-state index contributed by atoms with van der Waals surface area (Å²) in [6.45, 7) is -0.103. The van der Waals surface area contributed by atoms with Gasteiger partial charge in [-0.3, -0.25) is 14.9 Å². The van der Waals surface area contributed by atoms with E-state index in [0.717, 1.165) is 18.4 Å². The van der Waals surface area contributed by atoms with Crippen molar-refractivity contribution in [3.63, 3.8) is 0 Å². The fourth-order valence-electron chi connectivity index (χ4n) is 2.58. The summed E-state index contributed by atoms with van der Waals surface area (Å²) in [6.07, 6.45) is 2.24. The number of non-ortho nitro benzene ring substituents is 1. The maximum absolute atomic E-state index is 11.7. The number of carbonyl (C=O) groups is 1. The van der Waals surface area contributed by atoms with Crippen LogP contribution in [0.1, 0.15) is 30.7 Å². The van der Waals surface area contributed by atoms with Gasteiger partial charge in [0.25, 0.3) is 5.69 Å². The molecule has 0 aromatic heterocycles. The molecule has 5 heteroatoms. The molecule has 1 N–H and O–H groups in total. The van der Waals surface area contributed by atoms with Crippen molar-refractivity contribution in [1.82, 2.24) is 0 Å². The molecule has 1 aliphatic rings. The van der Waals surface area contributed by atoms with Crippen LogP contribution in [0.4, 0.5) is 5.69 Å². The Morgan fingerprint density at radius 1 is 1.39 bits per heavy atom. The third-order valence-electron chi connectivity index (χ3n) is 3.57. The van der Waals surface area contributed by atoms with Crippen molar-refractivity contribution >= 4 is 11.5 Å². The molecule has 96 valence electrons. The average molecular weight is 249 g/mol. The number of nitrogens with zero attached hydrogens (tertiary/aromatic N) is 1. The third kappa shape index (κ3) is 2.41. The number of ketones is 1. The Hall–Kier alpha value is -1.75. The number of Topliss-reactive ketones (excluding diaryl/α,β-unsaturated/α-hetero) is 1. The summed E-state index contributed by atoms with van der Waals surface area (Å²) in [5.41, 5.74) is 0.816. The van der Waals surface area contributed by atoms with E-state index in [9.17, 15) is 20.0 Å². The normalized spacial score (nSPS) is 20.9. The number of nitro benzene ring substituents is 1. The monoisotopic (exact) mass is 249 g/mol. The van der Waals surface area contributed by atoms with Gasteiger partial charge in [-0.25, -0.2) is 0 Å². The number of aliphatic hydroxyl groups is 1. The van der Waals surface area contributed by atoms with Gasteiger partial charge < -0.3 is 5.11 Å². The van der Waals surface area contributed by atoms with Crippen molar-refractivity contribution in [3.05, 3.63) is 39.9 Å². The maximum atomic E-state index is 11.7. The Labute approximate surface area is 105 Å². The van der Waals surface area contributed by atoms with E-state index in [0.29, 0.717) is 6.42 Å². The van der Waals surface area contributed by atoms with E-state index in [1.807, 2.05) is 0 Å². The molecule has 1 saturated carbocycles. The first kappa shape index (κ1) is 12.7. The fourth-order valence-corrected chi connectivity index (χ4v) is 2.58. The molecular formula is C13H15NO4. The fraction of sp³-hybridized carbons (Fsp3) is 0.462. The number of hydrogen-bond donors (Lipinski definition) is 1. The first-order valence-corrected chi connectivity index (χ1v) is 6.01. The molecular weight excluding hydrogens is 234 g/mol. The van der Waals surface area contributed by atoms with Crippen LogP contribution >= 0.6 is 0 Å². The maximum Gasteiger partial charge on any atom is 0.269 e. The predicted molar refractivity (Wildman–Crippen MR) is 65.3 cm³/mol. The summed E-state index contributed by atoms with van der Waals surface area (Å²) in [5, 5.41) is 20.0. The van der Waals surface area contributed by atoms with Gasteiger partial charge in [0.1, 0.15) is 5.78 Å². The van der Waals surface area contributed by atoms with Crippen molar-refractivity contribution < 1.29 is 14.8 Å². The molecule has 18 heavy (non-hydrogen) atoms. The Morgan fingerprint density at radius 3 is 2.50 bits per heavy atom. The van der Waals surface area contributed by atoms with Crippen LogP contribution in [0.2, 0.25) is 0 Å². The van der Waals surface area contributed by atoms with Crippen LogP contribution in [0.25, 0.3) is 0 Å². The van der Waals surface area contributed by atoms with Crippen LogP contribution in [0.15, 0.2) is 24.3 Å². The highest BCUT2D eigenvalue weighted by Crippen LogP contribution is 2.35. The van der Waals surface area contributed by atoms with Crippen LogP contribution in [-0.4, -0.2) is 22.4 Å². The van der Waals surface area contributed by atoms with Crippen molar-refractivity contribution in [2.45, 2.75) is 25.2 Å². The molecule has 1 fully saturated rings. The highest BCUT2D eigenvalue weighted by Gasteiger charge is 2.32. The number of carbonyl (C=O) groups excluding carboxylic acids is 1. The summed E-state index contributed by atoms with van der Waals surface area (Å²) >= 11 is 0. The Bertz CT molecular complexity index is 455. The van der Waals surface area contributed by atoms with Gasteiger partial charge in [0.15, 0.2) is 0 Å². The standard InChI is InChI=1S/C13H15NO4/c15-8-12(11-2-1-3-13(11)16)9-4-6-10(7-5-9)14(17)18/h4-7,11-12,15H,1-3,8H2. The molecule has 2 unspecified atom stereocenters. The van der Waals surface area contributed by atoms with Gasteiger partial charge in [0, 0.05) is 30.4 Å². The van der Waals surface area contributed by atoms with Crippen LogP contribution in [0, 0.1) is 16.0 Å². The van der Waals surface area contributed by atoms with E-state index >= 15 is 0 Å². The lowest BCUT2D eigenvalue weighted by atomic mass is 9.85. The molecule has 2 atom stereocenters. The smallest absolute Gasteiger partial charge is 0.269 e. The number of rotatable bonds is 4. The molecule has 1 aliphatic carbocycles. The second-order valence-electron chi connectivity index (χ2n) is 4.60. The molecule has 1 aromatic carbocycles. The largest absolute Gasteiger partial charge is 0.396 e. The molecule has 0 heterocycles. The second kappa shape index (κ2) is 5.27. The van der Waals surface area contributed by atoms with Gasteiger partial charge in [-0.1, -0.05) is 12.1 Å². The molecule has 0 amide bonds. The van der Waals surface area contributed by atoms with E-state index in [1.54, 1.807) is 12.1 Å². The van der Waals surface area contributed by atoms with Crippen LogP contribution in [0.5, 0.6) is 0 Å². The van der Waals surface area contributed by atoms with Gasteiger partial charge in [-0.2, -0.15) is 0 Å². The van der Waals surface area contributed by atoms with Gasteiger partial charge in [-0.15, -0.1) is 0 Å². The Balaban J connectivity index is 2.22. The number of hydrogen-bond acceptors (Lipinski definition) is 4. The highest BCUT2D eigenvalue weighted by molar-refractivity contribution is 5.83. The minimum atomic E-state index is -0.460. The Kier molecular flexibility index (Phi) is 3.72. The van der Waals surface area contributed by atoms with Crippen molar-refractivity contribution in [2.75, 3.05) is 6.61 Å². The number of aliphatic hydroxyl groups excluding tert-OH is 1. The van der Waals surface area contributed by atoms with Gasteiger partial charge in [0.05, 0.1) is 11.5 Å². The number of nitro groups is 1. The average Bonchev–Trinajstić information content (AvgIpc) is 2.78. The minimum Gasteiger partial charge on any atom is -0.396 e. The second-order valence-corrected chi connectivity index (χ2v) is 4.60. The summed E-state index contributed by atoms with van der Waals surface area (Å²) in [4.78, 5) is 21.8. The molecule has 0 spiro atoms. The van der Waals surface area contributed by atoms with E-state index in [4.69, 9.17) is 0 Å². The molecule has 2 rings (SSSR count). The third-order valence-corrected chi connectivity index (χ3v) is 3.57. The van der Waals surface area contributed by atoms with Crippen molar-refractivity contribution in [1.29, 1.82) is 0 Å². The van der Waals surface area contributed by atoms with E-state index in [2.05, 4.69) is 0 Å². The predicted octanol–water partition coefficient (Wildman–Crippen LogP) is 2.04. The molecule has 0 saturated heterocycles. The summed E-state index contributed by atoms with van der Waals surface area (Å²) in [6, 6.07) is 6.09. The zero-order valence-electron chi connectivity index (χ0n) is 9.91. The molecule has 5 nitrogen and oxygen atoms in total. The first-order chi connectivity index (χ1) is 8.63. The first-order valence-electron chi connectivity index (χ1n) is 6.01. The lowest BCUT2D eigenvalue weighted by Gasteiger charge is -2.20. The highest BCUT2D eigenvalue weighted by atomic mass is 16.6. The molecule has 0 bridgehead atoms. The van der Waals surface area contributed by atoms with E-state index < -0.39 is 4.92 Å². The molecule has 0 radical (unpaired) electrons. The quantitative estimate of drug-likeness (QED) is 0.654. The summed E-state index contributed by atoms with van der Waals surface area (Å²) in [7, 11) is 0. The molecule has 0 aliphatic heterocycles. The van der Waals surface area contributed by atoms with Gasteiger partial charge >= 0.3 is 0 Å². The SMILES string of the molecule is O=C1CCCC1C(CO)c1ccc([N+](=O)[O-])cc1. The van der Waals surface area contributed by atoms with Crippen molar-refractivity contribution in [2.24, 2.45) is 5.92 Å². The summed E-state index contributed by atoms with van der Waals surface area (Å²) < 4.78 is 0. The van der Waals surface area contributed by atoms with E-state index in [-0.39, 0.29) is 29.9 Å². The lowest BCUT2D eigenvalue weighted by Crippen LogP contribution is -2.20. The summed E-state index contributed by atoms with van der Waals surface area (Å²) in [5.74, 6) is -0.190. The van der Waals surface area contributed by atoms with Crippen LogP contribution in [-0.2, 0) is 4.79 Å². The number of benzene rings is 1. The topological polar surface area (TPSA) is 80.4 Å².